The zero-order valence-corrected chi connectivity index (χ0v) is 17.7. The van der Waals surface area contributed by atoms with Crippen molar-refractivity contribution in [1.82, 2.24) is 9.47 Å². The fourth-order valence-corrected chi connectivity index (χ4v) is 4.13. The van der Waals surface area contributed by atoms with E-state index in [1.807, 2.05) is 18.2 Å². The highest BCUT2D eigenvalue weighted by Crippen LogP contribution is 2.39. The summed E-state index contributed by atoms with van der Waals surface area (Å²) < 4.78 is 13.5. The molecule has 150 valence electrons. The molecule has 1 atom stereocenters. The molecule has 0 aliphatic carbocycles. The molecule has 1 aliphatic rings. The van der Waals surface area contributed by atoms with Gasteiger partial charge in [-0.15, -0.1) is 0 Å². The van der Waals surface area contributed by atoms with Crippen molar-refractivity contribution in [2.75, 3.05) is 26.1 Å². The first-order valence-electron chi connectivity index (χ1n) is 9.62. The van der Waals surface area contributed by atoms with E-state index in [1.54, 1.807) is 14.2 Å². The molecule has 2 aromatic carbocycles. The van der Waals surface area contributed by atoms with Crippen LogP contribution in [0.4, 0.5) is 5.69 Å². The van der Waals surface area contributed by atoms with Crippen molar-refractivity contribution in [1.29, 1.82) is 0 Å². The van der Waals surface area contributed by atoms with Crippen LogP contribution in [0.1, 0.15) is 22.9 Å². The Hall–Kier alpha value is -2.99. The molecule has 0 unspecified atom stereocenters. The summed E-state index contributed by atoms with van der Waals surface area (Å²) in [6.45, 7) is 3.75. The number of hydrogen-bond donors (Lipinski definition) is 1. The predicted molar refractivity (Wildman–Crippen MR) is 120 cm³/mol. The highest BCUT2D eigenvalue weighted by atomic mass is 32.1. The molecule has 0 fully saturated rings. The number of nitrogens with one attached hydrogen (secondary N) is 1. The number of hydrogen-bond acceptors (Lipinski definition) is 3. The Morgan fingerprint density at radius 2 is 1.83 bits per heavy atom. The molecule has 5 nitrogen and oxygen atoms in total. The number of aryl methyl sites for hydroxylation is 1. The van der Waals surface area contributed by atoms with Gasteiger partial charge in [-0.25, -0.2) is 0 Å². The first-order chi connectivity index (χ1) is 14.1. The fraction of sp³-hybridized carbons (Fsp3) is 0.261. The zero-order valence-electron chi connectivity index (χ0n) is 16.9. The Labute approximate surface area is 176 Å². The van der Waals surface area contributed by atoms with Crippen LogP contribution in [0.25, 0.3) is 0 Å². The van der Waals surface area contributed by atoms with Gasteiger partial charge in [-0.05, 0) is 61.6 Å². The predicted octanol–water partition coefficient (Wildman–Crippen LogP) is 4.62. The van der Waals surface area contributed by atoms with Crippen molar-refractivity contribution in [3.8, 4) is 11.5 Å². The third-order valence-corrected chi connectivity index (χ3v) is 5.67. The third kappa shape index (κ3) is 3.80. The lowest BCUT2D eigenvalue weighted by Crippen LogP contribution is -2.44. The summed E-state index contributed by atoms with van der Waals surface area (Å²) in [5.41, 5.74) is 4.41. The second-order valence-corrected chi connectivity index (χ2v) is 7.51. The molecule has 3 aromatic rings. The van der Waals surface area contributed by atoms with Gasteiger partial charge in [-0.2, -0.15) is 0 Å². The van der Waals surface area contributed by atoms with E-state index in [2.05, 4.69) is 64.3 Å². The van der Waals surface area contributed by atoms with Crippen molar-refractivity contribution in [3.63, 3.8) is 0 Å². The molecule has 6 heteroatoms. The minimum absolute atomic E-state index is 0.0748. The van der Waals surface area contributed by atoms with Gasteiger partial charge < -0.3 is 24.3 Å². The minimum atomic E-state index is -0.0748. The summed E-state index contributed by atoms with van der Waals surface area (Å²) in [4.78, 5) is 2.22. The molecule has 0 radical (unpaired) electrons. The van der Waals surface area contributed by atoms with Crippen LogP contribution in [-0.4, -0.2) is 35.3 Å². The Morgan fingerprint density at radius 3 is 2.55 bits per heavy atom. The first kappa shape index (κ1) is 19.3. The highest BCUT2D eigenvalue weighted by Gasteiger charge is 2.33. The lowest BCUT2D eigenvalue weighted by atomic mass is 9.99. The Kier molecular flexibility index (Phi) is 5.45. The normalized spacial score (nSPS) is 15.6. The molecule has 1 aromatic heterocycles. The number of methoxy groups -OCH3 is 2. The number of benzene rings is 2. The van der Waals surface area contributed by atoms with Crippen molar-refractivity contribution in [3.05, 3.63) is 77.6 Å². The lowest BCUT2D eigenvalue weighted by Gasteiger charge is -2.39. The van der Waals surface area contributed by atoms with Crippen LogP contribution >= 0.6 is 12.2 Å². The van der Waals surface area contributed by atoms with E-state index in [1.165, 1.54) is 11.3 Å². The Bertz CT molecular complexity index is 1010. The SMILES string of the molecule is COc1ccc(OC)c([C@H]2c3cccn3CCN2C(=S)Nc2ccc(C)cc2)c1. The van der Waals surface area contributed by atoms with Crippen LogP contribution in [0.3, 0.4) is 0 Å². The molecule has 1 aliphatic heterocycles. The van der Waals surface area contributed by atoms with Crippen LogP contribution in [0, 0.1) is 6.92 Å². The van der Waals surface area contributed by atoms with Gasteiger partial charge in [0.2, 0.25) is 0 Å². The quantitative estimate of drug-likeness (QED) is 0.639. The minimum Gasteiger partial charge on any atom is -0.497 e. The molecule has 29 heavy (non-hydrogen) atoms. The second-order valence-electron chi connectivity index (χ2n) is 7.13. The monoisotopic (exact) mass is 407 g/mol. The molecular formula is C23H25N3O2S. The Balaban J connectivity index is 1.73. The van der Waals surface area contributed by atoms with Crippen LogP contribution in [0.2, 0.25) is 0 Å². The van der Waals surface area contributed by atoms with Crippen molar-refractivity contribution >= 4 is 23.0 Å². The van der Waals surface area contributed by atoms with E-state index in [9.17, 15) is 0 Å². The maximum absolute atomic E-state index is 5.84. The van der Waals surface area contributed by atoms with Gasteiger partial charge in [-0.1, -0.05) is 17.7 Å². The van der Waals surface area contributed by atoms with Gasteiger partial charge >= 0.3 is 0 Å². The first-order valence-corrected chi connectivity index (χ1v) is 10.0. The van der Waals surface area contributed by atoms with Crippen molar-refractivity contribution < 1.29 is 9.47 Å². The molecule has 0 bridgehead atoms. The van der Waals surface area contributed by atoms with Gasteiger partial charge in [0.05, 0.1) is 14.2 Å². The smallest absolute Gasteiger partial charge is 0.174 e. The van der Waals surface area contributed by atoms with Crippen LogP contribution in [0.5, 0.6) is 11.5 Å². The average molecular weight is 408 g/mol. The number of anilines is 1. The van der Waals surface area contributed by atoms with Crippen molar-refractivity contribution in [2.45, 2.75) is 19.5 Å². The maximum atomic E-state index is 5.84. The summed E-state index contributed by atoms with van der Waals surface area (Å²) in [5, 5.41) is 4.09. The summed E-state index contributed by atoms with van der Waals surface area (Å²) >= 11 is 5.84. The summed E-state index contributed by atoms with van der Waals surface area (Å²) in [6.07, 6.45) is 2.11. The largest absolute Gasteiger partial charge is 0.497 e. The molecule has 2 heterocycles. The van der Waals surface area contributed by atoms with Crippen molar-refractivity contribution in [2.24, 2.45) is 0 Å². The Morgan fingerprint density at radius 1 is 1.03 bits per heavy atom. The topological polar surface area (TPSA) is 38.7 Å². The van der Waals surface area contributed by atoms with E-state index in [-0.39, 0.29) is 6.04 Å². The van der Waals surface area contributed by atoms with Gasteiger partial charge in [-0.3, -0.25) is 0 Å². The molecule has 4 rings (SSSR count). The highest BCUT2D eigenvalue weighted by molar-refractivity contribution is 7.80. The number of nitrogens with zero attached hydrogens (tertiary/aromatic N) is 2. The molecule has 1 N–H and O–H groups in total. The molecular weight excluding hydrogens is 382 g/mol. The number of rotatable bonds is 4. The number of thiocarbonyl (C=S) groups is 1. The third-order valence-electron chi connectivity index (χ3n) is 5.33. The van der Waals surface area contributed by atoms with E-state index in [0.29, 0.717) is 5.11 Å². The van der Waals surface area contributed by atoms with Gasteiger partial charge in [0, 0.05) is 36.2 Å². The lowest BCUT2D eigenvalue weighted by molar-refractivity contribution is 0.284. The number of aromatic nitrogens is 1. The average Bonchev–Trinajstić information content (AvgIpc) is 3.23. The van der Waals surface area contributed by atoms with Gasteiger partial charge in [0.25, 0.3) is 0 Å². The number of fused-ring (bicyclic) bond motifs is 1. The maximum Gasteiger partial charge on any atom is 0.174 e. The number of ether oxygens (including phenoxy) is 2. The van der Waals surface area contributed by atoms with E-state index < -0.39 is 0 Å². The summed E-state index contributed by atoms with van der Waals surface area (Å²) in [6, 6.07) is 18.3. The zero-order chi connectivity index (χ0) is 20.4. The van der Waals surface area contributed by atoms with Crippen LogP contribution in [0.15, 0.2) is 60.8 Å². The second kappa shape index (κ2) is 8.17. The van der Waals surface area contributed by atoms with E-state index >= 15 is 0 Å². The molecule has 0 saturated carbocycles. The van der Waals surface area contributed by atoms with E-state index in [0.717, 1.165) is 35.8 Å². The summed E-state index contributed by atoms with van der Waals surface area (Å²) in [7, 11) is 3.37. The molecule has 0 saturated heterocycles. The summed E-state index contributed by atoms with van der Waals surface area (Å²) in [5.74, 6) is 1.61. The van der Waals surface area contributed by atoms with Crippen LogP contribution < -0.4 is 14.8 Å². The molecule has 0 spiro atoms. The fourth-order valence-electron chi connectivity index (χ4n) is 3.81. The standard InChI is InChI=1S/C23H25N3O2S/c1-16-6-8-17(9-7-16)24-23(29)26-14-13-25-12-4-5-20(25)22(26)19-15-18(27-2)10-11-21(19)28-3/h4-12,15,22H,13-14H2,1-3H3,(H,24,29)/t22-/m0/s1. The van der Waals surface area contributed by atoms with Gasteiger partial charge in [0.15, 0.2) is 5.11 Å². The van der Waals surface area contributed by atoms with E-state index in [4.69, 9.17) is 21.7 Å². The molecule has 0 amide bonds. The van der Waals surface area contributed by atoms with Gasteiger partial charge in [0.1, 0.15) is 17.5 Å². The van der Waals surface area contributed by atoms with Crippen LogP contribution in [-0.2, 0) is 6.54 Å².